The second-order valence-corrected chi connectivity index (χ2v) is 3.02. The molecule has 0 spiro atoms. The van der Waals surface area contributed by atoms with Crippen molar-refractivity contribution >= 4 is 12.0 Å². The molecule has 78 valence electrons. The van der Waals surface area contributed by atoms with Crippen molar-refractivity contribution in [3.63, 3.8) is 0 Å². The van der Waals surface area contributed by atoms with E-state index in [4.69, 9.17) is 5.26 Å². The van der Waals surface area contributed by atoms with Crippen LogP contribution in [0.2, 0.25) is 0 Å². The van der Waals surface area contributed by atoms with Crippen molar-refractivity contribution in [3.8, 4) is 17.5 Å². The summed E-state index contributed by atoms with van der Waals surface area (Å²) in [6, 6.07) is 7.57. The number of H-pyrrole nitrogens is 1. The second-order valence-electron chi connectivity index (χ2n) is 3.02. The van der Waals surface area contributed by atoms with E-state index in [1.54, 1.807) is 12.5 Å². The summed E-state index contributed by atoms with van der Waals surface area (Å²) in [5, 5.41) is 10.6. The van der Waals surface area contributed by atoms with Crippen molar-refractivity contribution in [2.45, 2.75) is 0 Å². The highest BCUT2D eigenvalue weighted by Crippen LogP contribution is 2.19. The van der Waals surface area contributed by atoms with E-state index in [1.807, 2.05) is 30.5 Å². The summed E-state index contributed by atoms with van der Waals surface area (Å²) in [5.41, 5.74) is 2.70. The molecule has 0 aliphatic heterocycles. The Morgan fingerprint density at radius 3 is 2.81 bits per heavy atom. The van der Waals surface area contributed by atoms with E-state index in [2.05, 4.69) is 20.3 Å². The summed E-state index contributed by atoms with van der Waals surface area (Å²) in [6.07, 6.45) is 6.58. The van der Waals surface area contributed by atoms with E-state index in [0.29, 0.717) is 0 Å². The van der Waals surface area contributed by atoms with Crippen LogP contribution >= 0.6 is 0 Å². The maximum atomic E-state index is 8.25. The maximum Gasteiger partial charge on any atom is 0.182 e. The molecule has 0 fully saturated rings. The van der Waals surface area contributed by atoms with Crippen LogP contribution in [-0.2, 0) is 0 Å². The van der Waals surface area contributed by atoms with Crippen molar-refractivity contribution in [2.24, 2.45) is 4.99 Å². The van der Waals surface area contributed by atoms with Crippen LogP contribution in [0.1, 0.15) is 0 Å². The fraction of sp³-hybridized carbons (Fsp3) is 0. The molecule has 0 radical (unpaired) electrons. The lowest BCUT2D eigenvalue weighted by atomic mass is 10.1. The van der Waals surface area contributed by atoms with Crippen molar-refractivity contribution in [2.75, 3.05) is 0 Å². The molecule has 0 aliphatic rings. The zero-order chi connectivity index (χ0) is 11.2. The number of aromatic nitrogens is 2. The van der Waals surface area contributed by atoms with Gasteiger partial charge in [-0.25, -0.2) is 9.98 Å². The van der Waals surface area contributed by atoms with Gasteiger partial charge in [0.15, 0.2) is 6.19 Å². The highest BCUT2D eigenvalue weighted by molar-refractivity contribution is 5.65. The summed E-state index contributed by atoms with van der Waals surface area (Å²) < 4.78 is 0. The number of nitrogens with zero attached hydrogens (tertiary/aromatic N) is 3. The number of benzene rings is 1. The Balaban J connectivity index is 2.14. The van der Waals surface area contributed by atoms with E-state index < -0.39 is 0 Å². The largest absolute Gasteiger partial charge is 0.351 e. The first kappa shape index (κ1) is 9.93. The third kappa shape index (κ3) is 2.25. The summed E-state index contributed by atoms with van der Waals surface area (Å²) >= 11 is 0. The Bertz CT molecular complexity index is 504. The molecule has 1 aromatic carbocycles. The standard InChI is InChI=1S/C11H9N5/c12-6-14-8-15-10-3-1-9(2-4-10)11-5-13-7-16-11/h1-5,7-8H,(H,13,16)(H,14,15). The second kappa shape index (κ2) is 4.75. The molecule has 2 aromatic rings. The topological polar surface area (TPSA) is 76.9 Å². The van der Waals surface area contributed by atoms with Gasteiger partial charge in [0, 0.05) is 11.8 Å². The smallest absolute Gasteiger partial charge is 0.182 e. The first-order chi connectivity index (χ1) is 7.90. The van der Waals surface area contributed by atoms with Crippen LogP contribution in [0.25, 0.3) is 11.3 Å². The zero-order valence-corrected chi connectivity index (χ0v) is 8.38. The zero-order valence-electron chi connectivity index (χ0n) is 8.38. The van der Waals surface area contributed by atoms with Gasteiger partial charge in [0.2, 0.25) is 0 Å². The minimum atomic E-state index is 0.780. The van der Waals surface area contributed by atoms with Gasteiger partial charge in [-0.05, 0) is 12.1 Å². The van der Waals surface area contributed by atoms with Crippen molar-refractivity contribution in [1.29, 1.82) is 5.26 Å². The summed E-state index contributed by atoms with van der Waals surface area (Å²) in [6.45, 7) is 0. The molecule has 0 saturated carbocycles. The summed E-state index contributed by atoms with van der Waals surface area (Å²) in [7, 11) is 0. The van der Waals surface area contributed by atoms with E-state index in [9.17, 15) is 0 Å². The van der Waals surface area contributed by atoms with Crippen molar-refractivity contribution in [3.05, 3.63) is 36.8 Å². The number of hydrogen-bond donors (Lipinski definition) is 2. The number of aliphatic imine (C=N–C) groups is 1. The number of aromatic amines is 1. The molecule has 0 aliphatic carbocycles. The van der Waals surface area contributed by atoms with Gasteiger partial charge in [-0.2, -0.15) is 5.26 Å². The third-order valence-electron chi connectivity index (χ3n) is 2.00. The quantitative estimate of drug-likeness (QED) is 0.352. The van der Waals surface area contributed by atoms with Gasteiger partial charge in [0.05, 0.1) is 17.7 Å². The van der Waals surface area contributed by atoms with Crippen LogP contribution in [0.5, 0.6) is 0 Å². The van der Waals surface area contributed by atoms with Crippen LogP contribution < -0.4 is 5.32 Å². The number of imidazole rings is 1. The molecule has 2 rings (SSSR count). The number of rotatable bonds is 3. The molecule has 0 amide bonds. The van der Waals surface area contributed by atoms with Crippen molar-refractivity contribution < 1.29 is 0 Å². The number of nitriles is 1. The first-order valence-corrected chi connectivity index (χ1v) is 4.66. The molecule has 0 unspecified atom stereocenters. The van der Waals surface area contributed by atoms with Gasteiger partial charge in [-0.1, -0.05) is 12.1 Å². The Morgan fingerprint density at radius 1 is 1.38 bits per heavy atom. The predicted octanol–water partition coefficient (Wildman–Crippen LogP) is 1.81. The van der Waals surface area contributed by atoms with E-state index in [1.165, 1.54) is 6.34 Å². The minimum Gasteiger partial charge on any atom is -0.351 e. The van der Waals surface area contributed by atoms with Gasteiger partial charge in [-0.15, -0.1) is 0 Å². The molecule has 0 saturated heterocycles. The molecule has 16 heavy (non-hydrogen) atoms. The highest BCUT2D eigenvalue weighted by atomic mass is 14.9. The molecule has 2 N–H and O–H groups in total. The van der Waals surface area contributed by atoms with E-state index in [-0.39, 0.29) is 0 Å². The third-order valence-corrected chi connectivity index (χ3v) is 2.00. The fourth-order valence-electron chi connectivity index (χ4n) is 1.27. The van der Waals surface area contributed by atoms with Gasteiger partial charge < -0.3 is 4.98 Å². The Morgan fingerprint density at radius 2 is 2.19 bits per heavy atom. The van der Waals surface area contributed by atoms with Crippen LogP contribution in [0.4, 0.5) is 5.69 Å². The van der Waals surface area contributed by atoms with Gasteiger partial charge >= 0.3 is 0 Å². The van der Waals surface area contributed by atoms with Gasteiger partial charge in [0.1, 0.15) is 6.34 Å². The molecular formula is C11H9N5. The number of nitrogens with one attached hydrogen (secondary N) is 2. The van der Waals surface area contributed by atoms with E-state index >= 15 is 0 Å². The van der Waals surface area contributed by atoms with E-state index in [0.717, 1.165) is 16.9 Å². The monoisotopic (exact) mass is 211 g/mol. The molecule has 1 heterocycles. The molecule has 5 heteroatoms. The normalized spacial score (nSPS) is 10.2. The Labute approximate surface area is 92.5 Å². The average molecular weight is 211 g/mol. The molecule has 5 nitrogen and oxygen atoms in total. The average Bonchev–Trinajstić information content (AvgIpc) is 2.84. The Hall–Kier alpha value is -2.61. The Kier molecular flexibility index (Phi) is 2.95. The minimum absolute atomic E-state index is 0.780. The maximum absolute atomic E-state index is 8.25. The lowest BCUT2D eigenvalue weighted by molar-refractivity contribution is 1.29. The molecular weight excluding hydrogens is 202 g/mol. The first-order valence-electron chi connectivity index (χ1n) is 4.66. The van der Waals surface area contributed by atoms with Crippen molar-refractivity contribution in [1.82, 2.24) is 15.3 Å². The number of hydrogen-bond acceptors (Lipinski definition) is 3. The molecule has 0 bridgehead atoms. The predicted molar refractivity (Wildman–Crippen MR) is 60.9 cm³/mol. The van der Waals surface area contributed by atoms with Gasteiger partial charge in [0.25, 0.3) is 0 Å². The summed E-state index contributed by atoms with van der Waals surface area (Å²) in [4.78, 5) is 11.1. The lowest BCUT2D eigenvalue weighted by Crippen LogP contribution is -1.98. The molecule has 0 atom stereocenters. The molecule has 1 aromatic heterocycles. The highest BCUT2D eigenvalue weighted by Gasteiger charge is 1.98. The van der Waals surface area contributed by atoms with Crippen LogP contribution in [0, 0.1) is 11.5 Å². The SMILES string of the molecule is N#CN/C=N/c1ccc(-c2c[nH]cn2)cc1. The fourth-order valence-corrected chi connectivity index (χ4v) is 1.27. The van der Waals surface area contributed by atoms with Gasteiger partial charge in [-0.3, -0.25) is 5.32 Å². The van der Waals surface area contributed by atoms with Crippen LogP contribution in [0.3, 0.4) is 0 Å². The summed E-state index contributed by atoms with van der Waals surface area (Å²) in [5.74, 6) is 0. The van der Waals surface area contributed by atoms with Crippen LogP contribution in [0.15, 0.2) is 41.8 Å². The lowest BCUT2D eigenvalue weighted by Gasteiger charge is -1.97. The van der Waals surface area contributed by atoms with Crippen LogP contribution in [-0.4, -0.2) is 16.3 Å².